The van der Waals surface area contributed by atoms with Gasteiger partial charge < -0.3 is 10.5 Å². The van der Waals surface area contributed by atoms with Gasteiger partial charge in [-0.2, -0.15) is 24.3 Å². The third kappa shape index (κ3) is 14.2. The summed E-state index contributed by atoms with van der Waals surface area (Å²) in [6.45, 7) is 9.75. The molecule has 148 valence electrons. The Kier molecular flexibility index (Phi) is 25.5. The molecule has 0 aromatic heterocycles. The van der Waals surface area contributed by atoms with Gasteiger partial charge in [0, 0.05) is 51.3 Å². The molecule has 8 heteroatoms. The van der Waals surface area contributed by atoms with E-state index in [4.69, 9.17) is 5.73 Å². The third-order valence-electron chi connectivity index (χ3n) is 2.63. The van der Waals surface area contributed by atoms with Crippen LogP contribution in [0.25, 0.3) is 5.73 Å². The molecular weight excluding hydrogens is 476 g/mol. The molecule has 0 saturated carbocycles. The van der Waals surface area contributed by atoms with E-state index in [1.807, 2.05) is 33.8 Å². The van der Waals surface area contributed by atoms with Gasteiger partial charge in [-0.15, -0.1) is 5.56 Å². The smallest absolute Gasteiger partial charge is 0.193 e. The molecule has 1 amide bonds. The quantitative estimate of drug-likeness (QED) is 0.619. The summed E-state index contributed by atoms with van der Waals surface area (Å²) in [6.07, 6.45) is 0. The van der Waals surface area contributed by atoms with Gasteiger partial charge in [0.15, 0.2) is 10.0 Å². The van der Waals surface area contributed by atoms with E-state index in [0.717, 1.165) is 5.56 Å². The fraction of sp³-hybridized carbons (Fsp3) is 0.316. The van der Waals surface area contributed by atoms with Gasteiger partial charge in [0.05, 0.1) is 5.91 Å². The number of sulfonamides is 1. The first-order chi connectivity index (χ1) is 11.9. The minimum atomic E-state index is -3.31. The van der Waals surface area contributed by atoms with E-state index in [1.54, 1.807) is 43.3 Å². The van der Waals surface area contributed by atoms with Crippen molar-refractivity contribution >= 4 is 15.9 Å². The molecule has 0 aliphatic heterocycles. The molecule has 2 aromatic carbocycles. The molecule has 0 saturated heterocycles. The van der Waals surface area contributed by atoms with Crippen molar-refractivity contribution in [2.45, 2.75) is 39.5 Å². The molecule has 0 unspecified atom stereocenters. The van der Waals surface area contributed by atoms with Crippen LogP contribution in [0.1, 0.15) is 43.6 Å². The molecule has 2 N–H and O–H groups in total. The zero-order chi connectivity index (χ0) is 19.9. The number of nitrogens with one attached hydrogen (secondary N) is 2. The summed E-state index contributed by atoms with van der Waals surface area (Å²) in [5, 5.41) is 0. The van der Waals surface area contributed by atoms with Crippen LogP contribution in [0.5, 0.6) is 0 Å². The number of carbonyl (C=O) groups excluding carboxylic acids is 1. The van der Waals surface area contributed by atoms with Crippen molar-refractivity contribution in [1.29, 1.82) is 0 Å². The predicted octanol–water partition coefficient (Wildman–Crippen LogP) is 4.63. The number of benzene rings is 2. The van der Waals surface area contributed by atoms with Gasteiger partial charge >= 0.3 is 0 Å². The van der Waals surface area contributed by atoms with Crippen LogP contribution in [0.4, 0.5) is 0 Å². The summed E-state index contributed by atoms with van der Waals surface area (Å²) in [6, 6.07) is 16.1. The monoisotopic (exact) mass is 504 g/mol. The summed E-state index contributed by atoms with van der Waals surface area (Å²) >= 11 is 0. The Morgan fingerprint density at radius 1 is 1.04 bits per heavy atom. The standard InChI is InChI=1S/C8H10NO2S.C7H7NO.2C2H6.V.Y/c1-7-5-3-4-6-8(7)12(10,11)9-2;8-7(9)6-4-2-1-3-5-6;2*1-2;;/h3,5-6,9H,1-2H3;1-5H,(H2,8,9);2*1-2H3;;/q-1;;;;;/p-1. The van der Waals surface area contributed by atoms with Crippen molar-refractivity contribution in [3.63, 3.8) is 0 Å². The zero-order valence-electron chi connectivity index (χ0n) is 16.8. The number of aryl methyl sites for hydroxylation is 1. The number of carbonyl (C=O) groups is 1. The van der Waals surface area contributed by atoms with E-state index in [-0.39, 0.29) is 56.2 Å². The summed E-state index contributed by atoms with van der Waals surface area (Å²) in [5.41, 5.74) is 7.85. The largest absolute Gasteiger partial charge is 0.664 e. The van der Waals surface area contributed by atoms with Crippen LogP contribution in [0, 0.1) is 13.0 Å². The van der Waals surface area contributed by atoms with Gasteiger partial charge in [-0.05, 0) is 17.5 Å². The topological polar surface area (TPSA) is 87.0 Å². The van der Waals surface area contributed by atoms with Crippen LogP contribution in [0.2, 0.25) is 0 Å². The maximum atomic E-state index is 11.3. The van der Waals surface area contributed by atoms with Crippen molar-refractivity contribution in [1.82, 2.24) is 4.72 Å². The Bertz CT molecular complexity index is 712. The Balaban J connectivity index is -0.000000159. The number of rotatable bonds is 3. The predicted molar refractivity (Wildman–Crippen MR) is 104 cm³/mol. The Morgan fingerprint density at radius 2 is 1.52 bits per heavy atom. The molecule has 0 spiro atoms. The van der Waals surface area contributed by atoms with Crippen molar-refractivity contribution < 1.29 is 64.5 Å². The minimum Gasteiger partial charge on any atom is -0.664 e. The first-order valence-corrected chi connectivity index (χ1v) is 9.58. The average molecular weight is 504 g/mol. The van der Waals surface area contributed by atoms with E-state index >= 15 is 0 Å². The van der Waals surface area contributed by atoms with Crippen LogP contribution in [0.15, 0.2) is 53.4 Å². The molecule has 0 atom stereocenters. The van der Waals surface area contributed by atoms with Crippen molar-refractivity contribution in [2.75, 3.05) is 7.05 Å². The zero-order valence-corrected chi connectivity index (χ0v) is 21.8. The molecule has 0 heterocycles. The van der Waals surface area contributed by atoms with Crippen molar-refractivity contribution in [3.8, 4) is 0 Å². The molecule has 2 aromatic rings. The van der Waals surface area contributed by atoms with Gasteiger partial charge in [-0.1, -0.05) is 65.0 Å². The molecule has 0 aliphatic rings. The summed E-state index contributed by atoms with van der Waals surface area (Å²) in [7, 11) is -1.92. The number of hydrogen-bond donors (Lipinski definition) is 1. The first kappa shape index (κ1) is 34.0. The minimum absolute atomic E-state index is 0. The second-order valence-electron chi connectivity index (χ2n) is 4.09. The van der Waals surface area contributed by atoms with Gasteiger partial charge in [-0.3, -0.25) is 0 Å². The first-order valence-electron chi connectivity index (χ1n) is 8.09. The van der Waals surface area contributed by atoms with Gasteiger partial charge in [0.25, 0.3) is 0 Å². The maximum Gasteiger partial charge on any atom is 0.193 e. The Morgan fingerprint density at radius 3 is 1.85 bits per heavy atom. The molecule has 0 fully saturated rings. The second-order valence-corrected chi connectivity index (χ2v) is 5.95. The van der Waals surface area contributed by atoms with Crippen LogP contribution < -0.4 is 4.72 Å². The SMILES string of the molecule is CC.CC.CNS(=O)(=O)c1c[c-]ccc1C.[NH-]C(=O)c1ccccc1.[V].[Y]. The fourth-order valence-electron chi connectivity index (χ4n) is 1.48. The Hall–Kier alpha value is -0.492. The molecule has 0 bridgehead atoms. The summed E-state index contributed by atoms with van der Waals surface area (Å²) in [5.74, 6) is -0.629. The summed E-state index contributed by atoms with van der Waals surface area (Å²) < 4.78 is 24.8. The van der Waals surface area contributed by atoms with E-state index in [1.165, 1.54) is 13.1 Å². The van der Waals surface area contributed by atoms with Crippen LogP contribution >= 0.6 is 0 Å². The van der Waals surface area contributed by atoms with Crippen LogP contribution in [0.3, 0.4) is 0 Å². The molecule has 2 rings (SSSR count). The van der Waals surface area contributed by atoms with Gasteiger partial charge in [0.2, 0.25) is 0 Å². The second kappa shape index (κ2) is 20.2. The number of amides is 1. The van der Waals surface area contributed by atoms with E-state index in [2.05, 4.69) is 10.8 Å². The van der Waals surface area contributed by atoms with E-state index < -0.39 is 15.9 Å². The maximum absolute atomic E-state index is 11.3. The molecule has 2 radical (unpaired) electrons. The molecular formula is C19H28N2O3SVY-2. The average Bonchev–Trinajstić information content (AvgIpc) is 2.66. The molecule has 5 nitrogen and oxygen atoms in total. The van der Waals surface area contributed by atoms with E-state index in [0.29, 0.717) is 5.56 Å². The summed E-state index contributed by atoms with van der Waals surface area (Å²) in [4.78, 5) is 10.6. The van der Waals surface area contributed by atoms with E-state index in [9.17, 15) is 13.2 Å². The van der Waals surface area contributed by atoms with Gasteiger partial charge in [-0.25, -0.2) is 13.1 Å². The molecule has 27 heavy (non-hydrogen) atoms. The van der Waals surface area contributed by atoms with Crippen molar-refractivity contribution in [3.05, 3.63) is 71.5 Å². The molecule has 0 aliphatic carbocycles. The van der Waals surface area contributed by atoms with Crippen molar-refractivity contribution in [2.24, 2.45) is 0 Å². The van der Waals surface area contributed by atoms with Crippen LogP contribution in [-0.2, 0) is 61.3 Å². The van der Waals surface area contributed by atoms with Gasteiger partial charge in [0.1, 0.15) is 0 Å². The normalized spacial score (nSPS) is 8.52. The number of hydrogen-bond acceptors (Lipinski definition) is 3. The fourth-order valence-corrected chi connectivity index (χ4v) is 2.42. The third-order valence-corrected chi connectivity index (χ3v) is 4.18. The van der Waals surface area contributed by atoms with Crippen LogP contribution in [-0.4, -0.2) is 21.4 Å². The Labute approximate surface area is 201 Å².